The average Bonchev–Trinajstić information content (AvgIpc) is 3.23. The van der Waals surface area contributed by atoms with Crippen LogP contribution in [-0.2, 0) is 4.74 Å². The summed E-state index contributed by atoms with van der Waals surface area (Å²) in [6, 6.07) is 3.10. The van der Waals surface area contributed by atoms with Gasteiger partial charge in [-0.25, -0.2) is 9.78 Å². The van der Waals surface area contributed by atoms with E-state index in [1.165, 1.54) is 18.3 Å². The van der Waals surface area contributed by atoms with Gasteiger partial charge in [-0.2, -0.15) is 0 Å². The number of ether oxygens (including phenoxy) is 1. The van der Waals surface area contributed by atoms with Crippen molar-refractivity contribution in [1.29, 1.82) is 0 Å². The number of pyridine rings is 1. The predicted molar refractivity (Wildman–Crippen MR) is 67.1 cm³/mol. The van der Waals surface area contributed by atoms with E-state index < -0.39 is 5.97 Å². The Bertz CT molecular complexity index is 485. The minimum absolute atomic E-state index is 0.117. The highest BCUT2D eigenvalue weighted by Crippen LogP contribution is 2.28. The molecule has 0 aliphatic heterocycles. The van der Waals surface area contributed by atoms with Crippen LogP contribution < -0.4 is 0 Å². The number of hydrogen-bond acceptors (Lipinski definition) is 4. The van der Waals surface area contributed by atoms with Crippen LogP contribution in [0.5, 0.6) is 0 Å². The fourth-order valence-corrected chi connectivity index (χ4v) is 1.87. The molecule has 0 atom stereocenters. The number of aromatic nitrogens is 1. The van der Waals surface area contributed by atoms with E-state index in [2.05, 4.69) is 4.98 Å². The highest BCUT2D eigenvalue weighted by molar-refractivity contribution is 5.97. The molecule has 1 aliphatic carbocycles. The van der Waals surface area contributed by atoms with Crippen molar-refractivity contribution >= 4 is 11.9 Å². The second-order valence-electron chi connectivity index (χ2n) is 4.46. The number of carbonyl (C=O) groups is 2. The van der Waals surface area contributed by atoms with E-state index in [4.69, 9.17) is 9.84 Å². The van der Waals surface area contributed by atoms with E-state index >= 15 is 0 Å². The largest absolute Gasteiger partial charge is 0.477 e. The first-order chi connectivity index (χ1) is 9.13. The smallest absolute Gasteiger partial charge is 0.354 e. The second kappa shape index (κ2) is 5.79. The second-order valence-corrected chi connectivity index (χ2v) is 4.46. The lowest BCUT2D eigenvalue weighted by Crippen LogP contribution is -2.36. The Kier molecular flexibility index (Phi) is 4.11. The molecule has 0 spiro atoms. The molecule has 0 radical (unpaired) electrons. The van der Waals surface area contributed by atoms with Gasteiger partial charge in [0.25, 0.3) is 5.91 Å². The lowest BCUT2D eigenvalue weighted by atomic mass is 10.2. The zero-order chi connectivity index (χ0) is 13.8. The monoisotopic (exact) mass is 264 g/mol. The van der Waals surface area contributed by atoms with Gasteiger partial charge in [0.2, 0.25) is 0 Å². The topological polar surface area (TPSA) is 79.7 Å². The van der Waals surface area contributed by atoms with Crippen molar-refractivity contribution in [3.63, 3.8) is 0 Å². The van der Waals surface area contributed by atoms with Crippen LogP contribution in [0.25, 0.3) is 0 Å². The SMILES string of the molecule is COCCN(C(=O)c1ccnc(C(=O)O)c1)C1CC1. The van der Waals surface area contributed by atoms with Gasteiger partial charge in [0.15, 0.2) is 0 Å². The average molecular weight is 264 g/mol. The first-order valence-corrected chi connectivity index (χ1v) is 6.12. The molecule has 1 aliphatic rings. The normalized spacial score (nSPS) is 14.2. The minimum atomic E-state index is -1.13. The van der Waals surface area contributed by atoms with Crippen LogP contribution in [0.4, 0.5) is 0 Å². The number of methoxy groups -OCH3 is 1. The molecule has 0 unspecified atom stereocenters. The summed E-state index contributed by atoms with van der Waals surface area (Å²) in [5.41, 5.74) is 0.240. The molecule has 1 saturated carbocycles. The quantitative estimate of drug-likeness (QED) is 0.830. The highest BCUT2D eigenvalue weighted by Gasteiger charge is 2.32. The van der Waals surface area contributed by atoms with Gasteiger partial charge < -0.3 is 14.7 Å². The maximum Gasteiger partial charge on any atom is 0.354 e. The molecular weight excluding hydrogens is 248 g/mol. The molecule has 2 rings (SSSR count). The summed E-state index contributed by atoms with van der Waals surface area (Å²) in [5, 5.41) is 8.89. The van der Waals surface area contributed by atoms with E-state index in [-0.39, 0.29) is 17.6 Å². The number of rotatable bonds is 6. The van der Waals surface area contributed by atoms with Gasteiger partial charge in [0, 0.05) is 31.5 Å². The summed E-state index contributed by atoms with van der Waals surface area (Å²) in [4.78, 5) is 28.7. The molecule has 6 nitrogen and oxygen atoms in total. The van der Waals surface area contributed by atoms with Crippen molar-refractivity contribution in [2.75, 3.05) is 20.3 Å². The molecule has 0 aromatic carbocycles. The van der Waals surface area contributed by atoms with Crippen molar-refractivity contribution < 1.29 is 19.4 Å². The Balaban J connectivity index is 2.16. The molecule has 0 bridgehead atoms. The van der Waals surface area contributed by atoms with E-state index in [9.17, 15) is 9.59 Å². The van der Waals surface area contributed by atoms with Crippen molar-refractivity contribution in [3.8, 4) is 0 Å². The lowest BCUT2D eigenvalue weighted by molar-refractivity contribution is 0.0679. The molecule has 1 aromatic heterocycles. The van der Waals surface area contributed by atoms with Crippen LogP contribution in [0, 0.1) is 0 Å². The summed E-state index contributed by atoms with van der Waals surface area (Å²) in [6.07, 6.45) is 3.33. The van der Waals surface area contributed by atoms with E-state index in [1.54, 1.807) is 12.0 Å². The number of carboxylic acid groups (broad SMARTS) is 1. The van der Waals surface area contributed by atoms with Gasteiger partial charge >= 0.3 is 5.97 Å². The third-order valence-electron chi connectivity index (χ3n) is 3.01. The summed E-state index contributed by atoms with van der Waals surface area (Å²) in [5.74, 6) is -1.30. The molecule has 19 heavy (non-hydrogen) atoms. The number of nitrogens with zero attached hydrogens (tertiary/aromatic N) is 2. The van der Waals surface area contributed by atoms with Crippen molar-refractivity contribution in [1.82, 2.24) is 9.88 Å². The Morgan fingerprint density at radius 2 is 2.26 bits per heavy atom. The lowest BCUT2D eigenvalue weighted by Gasteiger charge is -2.22. The third-order valence-corrected chi connectivity index (χ3v) is 3.01. The molecule has 102 valence electrons. The van der Waals surface area contributed by atoms with Gasteiger partial charge in [-0.1, -0.05) is 0 Å². The summed E-state index contributed by atoms with van der Waals surface area (Å²) >= 11 is 0. The first-order valence-electron chi connectivity index (χ1n) is 6.12. The molecule has 1 fully saturated rings. The summed E-state index contributed by atoms with van der Waals surface area (Å²) in [7, 11) is 1.59. The summed E-state index contributed by atoms with van der Waals surface area (Å²) < 4.78 is 5.00. The fraction of sp³-hybridized carbons (Fsp3) is 0.462. The Morgan fingerprint density at radius 3 is 2.84 bits per heavy atom. The number of carboxylic acids is 1. The summed E-state index contributed by atoms with van der Waals surface area (Å²) in [6.45, 7) is 0.990. The van der Waals surface area contributed by atoms with Gasteiger partial charge in [-0.15, -0.1) is 0 Å². The van der Waals surface area contributed by atoms with Gasteiger partial charge in [0.1, 0.15) is 5.69 Å². The number of hydrogen-bond donors (Lipinski definition) is 1. The molecule has 1 heterocycles. The maximum atomic E-state index is 12.4. The maximum absolute atomic E-state index is 12.4. The standard InChI is InChI=1S/C13H16N2O4/c1-19-7-6-15(10-2-3-10)12(16)9-4-5-14-11(8-9)13(17)18/h4-5,8,10H,2-3,6-7H2,1H3,(H,17,18). The van der Waals surface area contributed by atoms with Crippen LogP contribution in [-0.4, -0.2) is 53.2 Å². The molecular formula is C13H16N2O4. The number of amides is 1. The van der Waals surface area contributed by atoms with Crippen LogP contribution in [0.15, 0.2) is 18.3 Å². The van der Waals surface area contributed by atoms with Crippen LogP contribution in [0.2, 0.25) is 0 Å². The van der Waals surface area contributed by atoms with Crippen LogP contribution >= 0.6 is 0 Å². The van der Waals surface area contributed by atoms with E-state index in [1.807, 2.05) is 0 Å². The molecule has 1 amide bonds. The van der Waals surface area contributed by atoms with Gasteiger partial charge in [-0.05, 0) is 25.0 Å². The third kappa shape index (κ3) is 3.29. The minimum Gasteiger partial charge on any atom is -0.477 e. The Morgan fingerprint density at radius 1 is 1.53 bits per heavy atom. The predicted octanol–water partition coefficient (Wildman–Crippen LogP) is 1.03. The van der Waals surface area contributed by atoms with Gasteiger partial charge in [-0.3, -0.25) is 4.79 Å². The number of carbonyl (C=O) groups excluding carboxylic acids is 1. The molecule has 1 N–H and O–H groups in total. The van der Waals surface area contributed by atoms with Crippen molar-refractivity contribution in [2.45, 2.75) is 18.9 Å². The number of aromatic carboxylic acids is 1. The van der Waals surface area contributed by atoms with Gasteiger partial charge in [0.05, 0.1) is 6.61 Å². The molecule has 0 saturated heterocycles. The highest BCUT2D eigenvalue weighted by atomic mass is 16.5. The molecule has 6 heteroatoms. The zero-order valence-electron chi connectivity index (χ0n) is 10.7. The first kappa shape index (κ1) is 13.5. The van der Waals surface area contributed by atoms with E-state index in [0.717, 1.165) is 12.8 Å². The molecule has 1 aromatic rings. The Hall–Kier alpha value is -1.95. The van der Waals surface area contributed by atoms with E-state index in [0.29, 0.717) is 18.7 Å². The van der Waals surface area contributed by atoms with Crippen molar-refractivity contribution in [3.05, 3.63) is 29.6 Å². The van der Waals surface area contributed by atoms with Crippen molar-refractivity contribution in [2.24, 2.45) is 0 Å². The zero-order valence-corrected chi connectivity index (χ0v) is 10.7. The Labute approximate surface area is 111 Å². The van der Waals surface area contributed by atoms with Crippen LogP contribution in [0.1, 0.15) is 33.7 Å². The fourth-order valence-electron chi connectivity index (χ4n) is 1.87. The van der Waals surface area contributed by atoms with Crippen LogP contribution in [0.3, 0.4) is 0 Å².